The van der Waals surface area contributed by atoms with Crippen LogP contribution < -0.4 is 10.5 Å². The Hall–Kier alpha value is -2.11. The second kappa shape index (κ2) is 7.61. The maximum Gasteiger partial charge on any atom is 0.119 e. The Bertz CT molecular complexity index is 531. The van der Waals surface area contributed by atoms with Gasteiger partial charge >= 0.3 is 0 Å². The summed E-state index contributed by atoms with van der Waals surface area (Å²) >= 11 is 0. The summed E-state index contributed by atoms with van der Waals surface area (Å²) in [6, 6.07) is 12.9. The highest BCUT2D eigenvalue weighted by molar-refractivity contribution is 5.41. The lowest BCUT2D eigenvalue weighted by Gasteiger charge is -2.20. The Morgan fingerprint density at radius 1 is 1.24 bits per heavy atom. The van der Waals surface area contributed by atoms with Crippen LogP contribution in [0.4, 0.5) is 5.69 Å². The van der Waals surface area contributed by atoms with Crippen molar-refractivity contribution in [2.45, 2.75) is 12.6 Å². The van der Waals surface area contributed by atoms with E-state index in [1.807, 2.05) is 30.1 Å². The van der Waals surface area contributed by atoms with Gasteiger partial charge < -0.3 is 15.6 Å². The molecule has 2 rings (SSSR count). The minimum atomic E-state index is -0.559. The van der Waals surface area contributed by atoms with Crippen LogP contribution in [0.25, 0.3) is 0 Å². The number of likely N-dealkylation sites (N-methyl/N-ethyl adjacent to an activating group) is 1. The van der Waals surface area contributed by atoms with E-state index in [4.69, 9.17) is 10.5 Å². The maximum atomic E-state index is 10.0. The minimum absolute atomic E-state index is 0.247. The number of rotatable bonds is 7. The van der Waals surface area contributed by atoms with Crippen LogP contribution in [-0.4, -0.2) is 41.3 Å². The lowest BCUT2D eigenvalue weighted by molar-refractivity contribution is 0.0741. The third-order valence-corrected chi connectivity index (χ3v) is 3.00. The van der Waals surface area contributed by atoms with Crippen LogP contribution in [0.2, 0.25) is 0 Å². The summed E-state index contributed by atoms with van der Waals surface area (Å²) < 4.78 is 5.53. The highest BCUT2D eigenvalue weighted by Gasteiger charge is 2.10. The van der Waals surface area contributed by atoms with Gasteiger partial charge in [-0.2, -0.15) is 0 Å². The van der Waals surface area contributed by atoms with Gasteiger partial charge in [-0.25, -0.2) is 0 Å². The van der Waals surface area contributed by atoms with Crippen molar-refractivity contribution in [2.75, 3.05) is 25.9 Å². The van der Waals surface area contributed by atoms with Gasteiger partial charge in [0.15, 0.2) is 0 Å². The maximum absolute atomic E-state index is 10.0. The Balaban J connectivity index is 1.73. The quantitative estimate of drug-likeness (QED) is 0.756. The van der Waals surface area contributed by atoms with Crippen LogP contribution in [-0.2, 0) is 6.54 Å². The molecular weight excluding hydrogens is 266 g/mol. The molecular formula is C16H21N3O2. The van der Waals surface area contributed by atoms with E-state index in [0.29, 0.717) is 24.5 Å². The molecule has 1 unspecified atom stereocenters. The van der Waals surface area contributed by atoms with Crippen LogP contribution >= 0.6 is 0 Å². The van der Waals surface area contributed by atoms with Crippen molar-refractivity contribution in [1.29, 1.82) is 0 Å². The van der Waals surface area contributed by atoms with Crippen molar-refractivity contribution in [3.05, 3.63) is 54.4 Å². The fraction of sp³-hybridized carbons (Fsp3) is 0.312. The van der Waals surface area contributed by atoms with Gasteiger partial charge in [0.1, 0.15) is 18.5 Å². The van der Waals surface area contributed by atoms with E-state index in [2.05, 4.69) is 4.98 Å². The first-order chi connectivity index (χ1) is 10.1. The first-order valence-corrected chi connectivity index (χ1v) is 6.88. The van der Waals surface area contributed by atoms with Crippen LogP contribution in [0.1, 0.15) is 5.69 Å². The van der Waals surface area contributed by atoms with Crippen molar-refractivity contribution in [1.82, 2.24) is 9.88 Å². The molecule has 2 aromatic rings. The molecule has 0 radical (unpaired) electrons. The number of nitrogens with zero attached hydrogens (tertiary/aromatic N) is 2. The molecule has 0 aliphatic heterocycles. The average Bonchev–Trinajstić information content (AvgIpc) is 2.47. The third kappa shape index (κ3) is 5.41. The number of nitrogen functional groups attached to an aromatic ring is 1. The van der Waals surface area contributed by atoms with E-state index in [0.717, 1.165) is 5.69 Å². The molecule has 0 spiro atoms. The van der Waals surface area contributed by atoms with Gasteiger partial charge in [-0.05, 0) is 43.4 Å². The molecule has 0 amide bonds. The van der Waals surface area contributed by atoms with Crippen LogP contribution in [0.15, 0.2) is 48.7 Å². The zero-order valence-electron chi connectivity index (χ0n) is 12.1. The largest absolute Gasteiger partial charge is 0.491 e. The number of hydrogen-bond donors (Lipinski definition) is 2. The summed E-state index contributed by atoms with van der Waals surface area (Å²) in [7, 11) is 1.95. The van der Waals surface area contributed by atoms with Crippen molar-refractivity contribution in [2.24, 2.45) is 0 Å². The predicted molar refractivity (Wildman–Crippen MR) is 82.9 cm³/mol. The van der Waals surface area contributed by atoms with E-state index in [9.17, 15) is 5.11 Å². The van der Waals surface area contributed by atoms with Gasteiger partial charge in [-0.3, -0.25) is 9.88 Å². The molecule has 1 atom stereocenters. The third-order valence-electron chi connectivity index (χ3n) is 3.00. The van der Waals surface area contributed by atoms with Gasteiger partial charge in [0.2, 0.25) is 0 Å². The summed E-state index contributed by atoms with van der Waals surface area (Å²) in [5.74, 6) is 0.704. The first kappa shape index (κ1) is 15.3. The van der Waals surface area contributed by atoms with E-state index in [1.165, 1.54) is 0 Å². The highest BCUT2D eigenvalue weighted by atomic mass is 16.5. The normalized spacial score (nSPS) is 12.3. The number of aliphatic hydroxyl groups excluding tert-OH is 1. The number of nitrogens with two attached hydrogens (primary N) is 1. The highest BCUT2D eigenvalue weighted by Crippen LogP contribution is 2.13. The SMILES string of the molecule is CN(Cc1ccccn1)CC(O)COc1ccc(N)cc1. The van der Waals surface area contributed by atoms with E-state index in [-0.39, 0.29) is 6.61 Å². The molecule has 0 fully saturated rings. The van der Waals surface area contributed by atoms with Crippen molar-refractivity contribution in [3.8, 4) is 5.75 Å². The Morgan fingerprint density at radius 2 is 2.00 bits per heavy atom. The molecule has 3 N–H and O–H groups in total. The molecule has 21 heavy (non-hydrogen) atoms. The van der Waals surface area contributed by atoms with Gasteiger partial charge in [0.05, 0.1) is 5.69 Å². The summed E-state index contributed by atoms with van der Waals surface area (Å²) in [6.07, 6.45) is 1.21. The fourth-order valence-corrected chi connectivity index (χ4v) is 2.00. The number of pyridine rings is 1. The van der Waals surface area contributed by atoms with E-state index >= 15 is 0 Å². The molecule has 0 aliphatic rings. The van der Waals surface area contributed by atoms with Crippen molar-refractivity contribution >= 4 is 5.69 Å². The monoisotopic (exact) mass is 287 g/mol. The summed E-state index contributed by atoms with van der Waals surface area (Å²) in [5.41, 5.74) is 7.28. The topological polar surface area (TPSA) is 71.6 Å². The zero-order chi connectivity index (χ0) is 15.1. The molecule has 5 nitrogen and oxygen atoms in total. The number of anilines is 1. The van der Waals surface area contributed by atoms with Crippen LogP contribution in [0, 0.1) is 0 Å². The van der Waals surface area contributed by atoms with Gasteiger partial charge in [0.25, 0.3) is 0 Å². The first-order valence-electron chi connectivity index (χ1n) is 6.88. The van der Waals surface area contributed by atoms with E-state index in [1.54, 1.807) is 30.5 Å². The number of aromatic nitrogens is 1. The van der Waals surface area contributed by atoms with Crippen molar-refractivity contribution in [3.63, 3.8) is 0 Å². The zero-order valence-corrected chi connectivity index (χ0v) is 12.1. The molecule has 1 aromatic heterocycles. The number of aliphatic hydroxyl groups is 1. The summed E-state index contributed by atoms with van der Waals surface area (Å²) in [4.78, 5) is 6.27. The number of benzene rings is 1. The second-order valence-electron chi connectivity index (χ2n) is 5.05. The molecule has 112 valence electrons. The van der Waals surface area contributed by atoms with Gasteiger partial charge in [0, 0.05) is 25.0 Å². The van der Waals surface area contributed by atoms with Gasteiger partial charge in [-0.15, -0.1) is 0 Å². The summed E-state index contributed by atoms with van der Waals surface area (Å²) in [6.45, 7) is 1.46. The molecule has 0 saturated carbocycles. The molecule has 0 aliphatic carbocycles. The smallest absolute Gasteiger partial charge is 0.119 e. The standard InChI is InChI=1S/C16H21N3O2/c1-19(10-14-4-2-3-9-18-14)11-15(20)12-21-16-7-5-13(17)6-8-16/h2-9,15,20H,10-12,17H2,1H3. The molecule has 0 bridgehead atoms. The van der Waals surface area contributed by atoms with Gasteiger partial charge in [-0.1, -0.05) is 6.07 Å². The Labute approximate surface area is 125 Å². The lowest BCUT2D eigenvalue weighted by Crippen LogP contribution is -2.33. The van der Waals surface area contributed by atoms with Crippen LogP contribution in [0.3, 0.4) is 0 Å². The molecule has 1 heterocycles. The lowest BCUT2D eigenvalue weighted by atomic mass is 10.3. The number of hydrogen-bond acceptors (Lipinski definition) is 5. The van der Waals surface area contributed by atoms with Crippen LogP contribution in [0.5, 0.6) is 5.75 Å². The second-order valence-corrected chi connectivity index (χ2v) is 5.05. The molecule has 1 aromatic carbocycles. The molecule has 5 heteroatoms. The average molecular weight is 287 g/mol. The summed E-state index contributed by atoms with van der Waals surface area (Å²) in [5, 5.41) is 10.0. The Kier molecular flexibility index (Phi) is 5.54. The van der Waals surface area contributed by atoms with E-state index < -0.39 is 6.10 Å². The minimum Gasteiger partial charge on any atom is -0.491 e. The predicted octanol–water partition coefficient (Wildman–Crippen LogP) is 1.54. The molecule has 0 saturated heterocycles. The number of ether oxygens (including phenoxy) is 1. The van der Waals surface area contributed by atoms with Crippen molar-refractivity contribution < 1.29 is 9.84 Å². The Morgan fingerprint density at radius 3 is 2.67 bits per heavy atom. The fourth-order valence-electron chi connectivity index (χ4n) is 2.00.